The Morgan fingerprint density at radius 1 is 1.05 bits per heavy atom. The van der Waals surface area contributed by atoms with Crippen molar-refractivity contribution < 1.29 is 0 Å². The lowest BCUT2D eigenvalue weighted by atomic mass is 10.2. The van der Waals surface area contributed by atoms with Crippen molar-refractivity contribution in [1.82, 2.24) is 0 Å². The van der Waals surface area contributed by atoms with Crippen LogP contribution in [0.1, 0.15) is 11.1 Å². The van der Waals surface area contributed by atoms with Gasteiger partial charge >= 0.3 is 0 Å². The molecule has 0 aliphatic carbocycles. The molecule has 0 bridgehead atoms. The number of hydrogen-bond acceptors (Lipinski definition) is 1. The normalized spacial score (nSPS) is 10.6. The largest absolute Gasteiger partial charge is 0.380 e. The summed E-state index contributed by atoms with van der Waals surface area (Å²) in [6, 6.07) is 9.53. The second-order valence-electron chi connectivity index (χ2n) is 4.16. The summed E-state index contributed by atoms with van der Waals surface area (Å²) in [6.07, 6.45) is 0. The third kappa shape index (κ3) is 3.57. The fourth-order valence-electron chi connectivity index (χ4n) is 1.68. The van der Waals surface area contributed by atoms with Crippen LogP contribution in [0.5, 0.6) is 0 Å². The number of halogens is 4. The molecule has 0 saturated heterocycles. The summed E-state index contributed by atoms with van der Waals surface area (Å²) in [5.41, 5.74) is 2.97. The van der Waals surface area contributed by atoms with Gasteiger partial charge in [-0.1, -0.05) is 40.9 Å². The molecule has 0 fully saturated rings. The van der Waals surface area contributed by atoms with Gasteiger partial charge in [0.2, 0.25) is 0 Å². The van der Waals surface area contributed by atoms with E-state index < -0.39 is 0 Å². The molecular formula is C14H11BrCl3N. The Morgan fingerprint density at radius 3 is 2.42 bits per heavy atom. The summed E-state index contributed by atoms with van der Waals surface area (Å²) < 4.78 is 1.00. The topological polar surface area (TPSA) is 12.0 Å². The standard InChI is InChI=1S/C14H11BrCl3N/c1-8-2-5-13(10(15)6-8)19-7-9-11(16)3-4-12(17)14(9)18/h2-6,19H,7H2,1H3. The van der Waals surface area contributed by atoms with Gasteiger partial charge in [0.15, 0.2) is 0 Å². The number of benzene rings is 2. The minimum Gasteiger partial charge on any atom is -0.380 e. The fraction of sp³-hybridized carbons (Fsp3) is 0.143. The van der Waals surface area contributed by atoms with E-state index in [0.29, 0.717) is 21.6 Å². The molecule has 0 aliphatic rings. The van der Waals surface area contributed by atoms with Crippen molar-refractivity contribution in [3.63, 3.8) is 0 Å². The maximum Gasteiger partial charge on any atom is 0.0657 e. The van der Waals surface area contributed by atoms with Crippen molar-refractivity contribution in [3.8, 4) is 0 Å². The van der Waals surface area contributed by atoms with Crippen molar-refractivity contribution in [3.05, 3.63) is 61.0 Å². The predicted molar refractivity (Wildman–Crippen MR) is 87.7 cm³/mol. The minimum absolute atomic E-state index is 0.491. The Labute approximate surface area is 136 Å². The van der Waals surface area contributed by atoms with Crippen LogP contribution in [-0.2, 0) is 6.54 Å². The summed E-state index contributed by atoms with van der Waals surface area (Å²) in [5, 5.41) is 4.89. The maximum absolute atomic E-state index is 6.16. The molecule has 1 nitrogen and oxygen atoms in total. The Kier molecular flexibility index (Phi) is 5.02. The van der Waals surface area contributed by atoms with E-state index in [-0.39, 0.29) is 0 Å². The van der Waals surface area contributed by atoms with Crippen molar-refractivity contribution in [2.75, 3.05) is 5.32 Å². The first-order valence-electron chi connectivity index (χ1n) is 5.61. The summed E-state index contributed by atoms with van der Waals surface area (Å²) in [4.78, 5) is 0. The van der Waals surface area contributed by atoms with Crippen LogP contribution in [0, 0.1) is 6.92 Å². The minimum atomic E-state index is 0.491. The quantitative estimate of drug-likeness (QED) is 0.615. The van der Waals surface area contributed by atoms with Gasteiger partial charge < -0.3 is 5.32 Å². The summed E-state index contributed by atoms with van der Waals surface area (Å²) in [7, 11) is 0. The summed E-state index contributed by atoms with van der Waals surface area (Å²) in [5.74, 6) is 0. The van der Waals surface area contributed by atoms with Gasteiger partial charge in [0.1, 0.15) is 0 Å². The molecule has 2 rings (SSSR count). The Bertz CT molecular complexity index is 614. The highest BCUT2D eigenvalue weighted by Gasteiger charge is 2.10. The summed E-state index contributed by atoms with van der Waals surface area (Å²) >= 11 is 21.8. The van der Waals surface area contributed by atoms with Crippen LogP contribution in [0.25, 0.3) is 0 Å². The third-order valence-electron chi connectivity index (χ3n) is 2.72. The van der Waals surface area contributed by atoms with E-state index in [1.54, 1.807) is 12.1 Å². The molecule has 2 aromatic rings. The lowest BCUT2D eigenvalue weighted by Gasteiger charge is -2.12. The third-order valence-corrected chi connectivity index (χ3v) is 4.57. The lowest BCUT2D eigenvalue weighted by Crippen LogP contribution is -2.02. The molecule has 0 saturated carbocycles. The first-order valence-corrected chi connectivity index (χ1v) is 7.54. The van der Waals surface area contributed by atoms with E-state index in [0.717, 1.165) is 15.7 Å². The van der Waals surface area contributed by atoms with Crippen molar-refractivity contribution >= 4 is 56.4 Å². The van der Waals surface area contributed by atoms with Gasteiger partial charge in [-0.25, -0.2) is 0 Å². The number of anilines is 1. The van der Waals surface area contributed by atoms with Gasteiger partial charge in [-0.05, 0) is 52.7 Å². The van der Waals surface area contributed by atoms with Crippen LogP contribution in [-0.4, -0.2) is 0 Å². The highest BCUT2D eigenvalue weighted by Crippen LogP contribution is 2.32. The van der Waals surface area contributed by atoms with E-state index in [1.807, 2.05) is 25.1 Å². The highest BCUT2D eigenvalue weighted by atomic mass is 79.9. The molecule has 1 N–H and O–H groups in total. The van der Waals surface area contributed by atoms with E-state index in [4.69, 9.17) is 34.8 Å². The van der Waals surface area contributed by atoms with Gasteiger partial charge in [0, 0.05) is 27.3 Å². The number of aryl methyl sites for hydroxylation is 1. The van der Waals surface area contributed by atoms with Crippen molar-refractivity contribution in [2.24, 2.45) is 0 Å². The Hall–Kier alpha value is -0.410. The molecule has 0 aliphatic heterocycles. The molecule has 0 spiro atoms. The molecule has 100 valence electrons. The van der Waals surface area contributed by atoms with Crippen LogP contribution < -0.4 is 5.32 Å². The van der Waals surface area contributed by atoms with Gasteiger partial charge in [0.25, 0.3) is 0 Å². The molecule has 0 heterocycles. The van der Waals surface area contributed by atoms with Crippen LogP contribution in [0.2, 0.25) is 15.1 Å². The molecule has 2 aromatic carbocycles. The van der Waals surface area contributed by atoms with Crippen molar-refractivity contribution in [1.29, 1.82) is 0 Å². The molecule has 5 heteroatoms. The zero-order valence-electron chi connectivity index (χ0n) is 10.1. The van der Waals surface area contributed by atoms with Gasteiger partial charge in [-0.15, -0.1) is 0 Å². The monoisotopic (exact) mass is 377 g/mol. The van der Waals surface area contributed by atoms with Crippen LogP contribution in [0.4, 0.5) is 5.69 Å². The average molecular weight is 380 g/mol. The van der Waals surface area contributed by atoms with Crippen LogP contribution >= 0.6 is 50.7 Å². The van der Waals surface area contributed by atoms with Crippen molar-refractivity contribution in [2.45, 2.75) is 13.5 Å². The zero-order valence-corrected chi connectivity index (χ0v) is 14.0. The summed E-state index contributed by atoms with van der Waals surface area (Å²) in [6.45, 7) is 2.55. The van der Waals surface area contributed by atoms with Crippen LogP contribution in [0.15, 0.2) is 34.8 Å². The maximum atomic E-state index is 6.16. The van der Waals surface area contributed by atoms with E-state index in [1.165, 1.54) is 5.56 Å². The average Bonchev–Trinajstić information content (AvgIpc) is 2.36. The fourth-order valence-corrected chi connectivity index (χ4v) is 2.99. The number of hydrogen-bond donors (Lipinski definition) is 1. The van der Waals surface area contributed by atoms with Gasteiger partial charge in [-0.3, -0.25) is 0 Å². The SMILES string of the molecule is Cc1ccc(NCc2c(Cl)ccc(Cl)c2Cl)c(Br)c1. The first kappa shape index (κ1) is 15.0. The van der Waals surface area contributed by atoms with E-state index in [2.05, 4.69) is 21.2 Å². The predicted octanol–water partition coefficient (Wildman–Crippen LogP) is 6.33. The van der Waals surface area contributed by atoms with Crippen LogP contribution in [0.3, 0.4) is 0 Å². The highest BCUT2D eigenvalue weighted by molar-refractivity contribution is 9.10. The van der Waals surface area contributed by atoms with Gasteiger partial charge in [-0.2, -0.15) is 0 Å². The number of rotatable bonds is 3. The smallest absolute Gasteiger partial charge is 0.0657 e. The molecule has 0 amide bonds. The van der Waals surface area contributed by atoms with Gasteiger partial charge in [0.05, 0.1) is 10.0 Å². The Morgan fingerprint density at radius 2 is 1.74 bits per heavy atom. The zero-order chi connectivity index (χ0) is 14.0. The molecule has 0 radical (unpaired) electrons. The molecule has 19 heavy (non-hydrogen) atoms. The van der Waals surface area contributed by atoms with E-state index in [9.17, 15) is 0 Å². The Balaban J connectivity index is 2.21. The molecular weight excluding hydrogens is 368 g/mol. The second-order valence-corrected chi connectivity index (χ2v) is 6.21. The molecule has 0 atom stereocenters. The first-order chi connectivity index (χ1) is 8.99. The molecule has 0 unspecified atom stereocenters. The molecule has 0 aromatic heterocycles. The second kappa shape index (κ2) is 6.36. The lowest BCUT2D eigenvalue weighted by molar-refractivity contribution is 1.14. The number of nitrogens with one attached hydrogen (secondary N) is 1. The van der Waals surface area contributed by atoms with E-state index >= 15 is 0 Å².